The summed E-state index contributed by atoms with van der Waals surface area (Å²) in [4.78, 5) is 0. The average Bonchev–Trinajstić information content (AvgIpc) is 2.34. The van der Waals surface area contributed by atoms with Gasteiger partial charge in [-0.3, -0.25) is 0 Å². The van der Waals surface area contributed by atoms with Crippen molar-refractivity contribution in [1.29, 1.82) is 0 Å². The van der Waals surface area contributed by atoms with Crippen molar-refractivity contribution in [2.45, 2.75) is 43.5 Å². The lowest BCUT2D eigenvalue weighted by Crippen LogP contribution is -2.66. The van der Waals surface area contributed by atoms with Crippen molar-refractivity contribution in [1.82, 2.24) is 0 Å². The lowest BCUT2D eigenvalue weighted by molar-refractivity contribution is -0.345. The van der Waals surface area contributed by atoms with Crippen LogP contribution in [0.15, 0.2) is 0 Å². The number of aliphatic hydroxyl groups is 3. The Kier molecular flexibility index (Phi) is 6.46. The lowest BCUT2D eigenvalue weighted by atomic mass is 9.92. The second-order valence-electron chi connectivity index (χ2n) is 4.41. The minimum absolute atomic E-state index is 0.0762. The van der Waals surface area contributed by atoms with Gasteiger partial charge in [0.05, 0.1) is 6.61 Å². The summed E-state index contributed by atoms with van der Waals surface area (Å²) in [5.74, 6) is -2.61. The predicted octanol–water partition coefficient (Wildman–Crippen LogP) is -1.43. The van der Waals surface area contributed by atoms with Gasteiger partial charge in [0.1, 0.15) is 24.4 Å². The fourth-order valence-electron chi connectivity index (χ4n) is 1.90. The Hall–Kier alpha value is 0.240. The minimum Gasteiger partial charge on any atom is -0.387 e. The molecule has 1 aliphatic rings. The quantitative estimate of drug-likeness (QED) is 0.448. The molecule has 1 saturated heterocycles. The van der Waals surface area contributed by atoms with E-state index in [1.807, 2.05) is 0 Å². The predicted molar refractivity (Wildman–Crippen MR) is 72.5 cm³/mol. The fourth-order valence-corrected chi connectivity index (χ4v) is 3.38. The number of ether oxygens (including phenoxy) is 1. The van der Waals surface area contributed by atoms with E-state index in [0.717, 1.165) is 0 Å². The van der Waals surface area contributed by atoms with Crippen LogP contribution in [-0.2, 0) is 31.8 Å². The molecule has 0 saturated carbocycles. The van der Waals surface area contributed by atoms with Crippen LogP contribution in [0.4, 0.5) is 0 Å². The molecule has 1 heterocycles. The first kappa shape index (κ1) is 20.3. The summed E-state index contributed by atoms with van der Waals surface area (Å²) in [5, 5.41) is 29.8. The number of hydrogen-bond donors (Lipinski definition) is 3. The van der Waals surface area contributed by atoms with Gasteiger partial charge >= 0.3 is 18.7 Å². The van der Waals surface area contributed by atoms with Crippen molar-refractivity contribution in [3.05, 3.63) is 0 Å². The molecule has 14 heteroatoms. The highest BCUT2D eigenvalue weighted by molar-refractivity contribution is 8.10. The van der Waals surface area contributed by atoms with Crippen molar-refractivity contribution >= 4 is 40.0 Å². The molecule has 0 aromatic heterocycles. The largest absolute Gasteiger partial charge is 0.387 e. The molecule has 1 fully saturated rings. The van der Waals surface area contributed by atoms with E-state index in [2.05, 4.69) is 8.37 Å². The summed E-state index contributed by atoms with van der Waals surface area (Å²) in [7, 11) is 0.504. The molecule has 0 radical (unpaired) electrons. The first-order chi connectivity index (χ1) is 9.80. The second kappa shape index (κ2) is 7.01. The van der Waals surface area contributed by atoms with E-state index in [4.69, 9.17) is 26.1 Å². The van der Waals surface area contributed by atoms with E-state index >= 15 is 0 Å². The highest BCUT2D eigenvalue weighted by Gasteiger charge is 2.56. The molecular weight excluding hydrogens is 391 g/mol. The van der Waals surface area contributed by atoms with Gasteiger partial charge in [-0.2, -0.15) is 16.8 Å². The van der Waals surface area contributed by atoms with Crippen LogP contribution in [0.25, 0.3) is 0 Å². The van der Waals surface area contributed by atoms with Crippen LogP contribution >= 0.6 is 21.4 Å². The summed E-state index contributed by atoms with van der Waals surface area (Å²) >= 11 is 0. The molecule has 1 aliphatic heterocycles. The number of rotatable bonds is 6. The zero-order valence-corrected chi connectivity index (χ0v) is 14.1. The Morgan fingerprint density at radius 1 is 1.27 bits per heavy atom. The van der Waals surface area contributed by atoms with Crippen molar-refractivity contribution in [3.63, 3.8) is 0 Å². The van der Waals surface area contributed by atoms with Gasteiger partial charge < -0.3 is 20.1 Å². The van der Waals surface area contributed by atoms with Gasteiger partial charge in [-0.25, -0.2) is 8.37 Å². The molecular formula is C8H14Cl2O10S2. The first-order valence-electron chi connectivity index (χ1n) is 5.78. The number of halogens is 2. The van der Waals surface area contributed by atoms with Gasteiger partial charge in [0.25, 0.3) is 0 Å². The third kappa shape index (κ3) is 5.12. The molecule has 0 aliphatic carbocycles. The molecule has 132 valence electrons. The summed E-state index contributed by atoms with van der Waals surface area (Å²) in [6.07, 6.45) is -7.62. The van der Waals surface area contributed by atoms with Crippen molar-refractivity contribution < 1.29 is 45.3 Å². The lowest BCUT2D eigenvalue weighted by Gasteiger charge is -2.45. The number of hydrogen-bond acceptors (Lipinski definition) is 10. The van der Waals surface area contributed by atoms with Gasteiger partial charge in [0.2, 0.25) is 5.79 Å². The molecule has 5 atom stereocenters. The van der Waals surface area contributed by atoms with E-state index in [1.54, 1.807) is 0 Å². The zero-order chi connectivity index (χ0) is 17.3. The van der Waals surface area contributed by atoms with Crippen molar-refractivity contribution in [2.24, 2.45) is 0 Å². The van der Waals surface area contributed by atoms with Crippen LogP contribution in [0, 0.1) is 0 Å². The van der Waals surface area contributed by atoms with Crippen LogP contribution in [-0.4, -0.2) is 69.0 Å². The maximum Gasteiger partial charge on any atom is 0.356 e. The Bertz CT molecular complexity index is 592. The van der Waals surface area contributed by atoms with Gasteiger partial charge in [-0.15, -0.1) is 0 Å². The van der Waals surface area contributed by atoms with Crippen LogP contribution in [0.1, 0.15) is 13.3 Å². The molecule has 22 heavy (non-hydrogen) atoms. The van der Waals surface area contributed by atoms with E-state index in [1.165, 1.54) is 6.92 Å². The number of aliphatic hydroxyl groups excluding tert-OH is 2. The zero-order valence-electron chi connectivity index (χ0n) is 11.0. The highest BCUT2D eigenvalue weighted by Crippen LogP contribution is 2.33. The summed E-state index contributed by atoms with van der Waals surface area (Å²) in [6.45, 7) is 0.687. The monoisotopic (exact) mass is 404 g/mol. The smallest absolute Gasteiger partial charge is 0.356 e. The molecule has 0 amide bonds. The van der Waals surface area contributed by atoms with Gasteiger partial charge in [0, 0.05) is 21.4 Å². The molecule has 10 nitrogen and oxygen atoms in total. The molecule has 3 N–H and O–H groups in total. The third-order valence-corrected chi connectivity index (χ3v) is 4.27. The van der Waals surface area contributed by atoms with Gasteiger partial charge in [-0.05, 0) is 6.42 Å². The molecule has 0 bridgehead atoms. The minimum atomic E-state index is -4.68. The van der Waals surface area contributed by atoms with E-state index in [0.29, 0.717) is 0 Å². The van der Waals surface area contributed by atoms with Crippen LogP contribution < -0.4 is 0 Å². The van der Waals surface area contributed by atoms with E-state index < -0.39 is 55.5 Å². The van der Waals surface area contributed by atoms with Crippen LogP contribution in [0.2, 0.25) is 0 Å². The van der Waals surface area contributed by atoms with Crippen molar-refractivity contribution in [3.8, 4) is 0 Å². The molecule has 1 unspecified atom stereocenters. The third-order valence-electron chi connectivity index (χ3n) is 2.91. The topological polar surface area (TPSA) is 157 Å². The Morgan fingerprint density at radius 2 is 1.77 bits per heavy atom. The Morgan fingerprint density at radius 3 is 2.18 bits per heavy atom. The normalized spacial score (nSPS) is 35.3. The highest BCUT2D eigenvalue weighted by atomic mass is 35.7. The summed E-state index contributed by atoms with van der Waals surface area (Å²) < 4.78 is 57.4. The Labute approximate surface area is 135 Å². The average molecular weight is 405 g/mol. The molecule has 0 spiro atoms. The molecule has 0 aromatic carbocycles. The van der Waals surface area contributed by atoms with Crippen LogP contribution in [0.3, 0.4) is 0 Å². The van der Waals surface area contributed by atoms with Crippen molar-refractivity contribution in [2.75, 3.05) is 6.61 Å². The maximum absolute atomic E-state index is 11.0. The van der Waals surface area contributed by atoms with E-state index in [9.17, 15) is 32.2 Å². The van der Waals surface area contributed by atoms with Gasteiger partial charge in [-0.1, -0.05) is 6.92 Å². The second-order valence-corrected chi connectivity index (χ2v) is 8.64. The standard InChI is InChI=1S/C8H14Cl2O10S2/c1-2-5(11)8(13)7(12)6(20-22(10,16)17)4(3-18-8)19-21(9,14)15/h4-7,11-13H,2-3H2,1H3/t4-,5?,6-,7+,8-/m1/s1. The van der Waals surface area contributed by atoms with Crippen LogP contribution in [0.5, 0.6) is 0 Å². The molecule has 1 rings (SSSR count). The Balaban J connectivity index is 3.15. The fraction of sp³-hybridized carbons (Fsp3) is 1.00. The molecule has 0 aromatic rings. The van der Waals surface area contributed by atoms with Gasteiger partial charge in [0.15, 0.2) is 0 Å². The first-order valence-corrected chi connectivity index (χ1v) is 10.2. The maximum atomic E-state index is 11.0. The summed E-state index contributed by atoms with van der Waals surface area (Å²) in [6, 6.07) is 0. The SMILES string of the molecule is CCC(O)[C@@]1(O)OC[C@@H](OS(=O)(=O)Cl)[C@@H](OS(=O)(=O)Cl)[C@@H]1O. The summed E-state index contributed by atoms with van der Waals surface area (Å²) in [5.41, 5.74) is 0. The van der Waals surface area contributed by atoms with E-state index in [-0.39, 0.29) is 6.42 Å².